The topological polar surface area (TPSA) is 73.2 Å². The van der Waals surface area contributed by atoms with E-state index >= 15 is 0 Å². The summed E-state index contributed by atoms with van der Waals surface area (Å²) in [6.45, 7) is 2.45. The van der Waals surface area contributed by atoms with E-state index in [1.165, 1.54) is 23.2 Å². The van der Waals surface area contributed by atoms with E-state index in [9.17, 15) is 9.59 Å². The van der Waals surface area contributed by atoms with E-state index in [0.29, 0.717) is 18.7 Å². The number of carbonyl (C=O) groups is 1. The second-order valence-corrected chi connectivity index (χ2v) is 4.97. The van der Waals surface area contributed by atoms with Crippen LogP contribution in [0.25, 0.3) is 6.08 Å². The molecule has 0 saturated heterocycles. The molecule has 1 aromatic carbocycles. The standard InChI is InChI=1S/C17H19N3O3/c1-13-11-18-12-20(17(13)22)10-9-19-16(21)8-5-14-3-6-15(23-2)7-4-14/h3-8,11-12H,9-10H2,1-2H3,(H,19,21)/b8-5+. The molecule has 1 heterocycles. The molecule has 120 valence electrons. The van der Waals surface area contributed by atoms with Crippen LogP contribution in [0.5, 0.6) is 5.75 Å². The van der Waals surface area contributed by atoms with E-state index in [2.05, 4.69) is 10.3 Å². The normalized spacial score (nSPS) is 10.7. The molecule has 0 bridgehead atoms. The molecule has 2 rings (SSSR count). The van der Waals surface area contributed by atoms with Crippen LogP contribution in [0, 0.1) is 6.92 Å². The highest BCUT2D eigenvalue weighted by atomic mass is 16.5. The molecular weight excluding hydrogens is 294 g/mol. The molecule has 0 fully saturated rings. The van der Waals surface area contributed by atoms with Crippen LogP contribution in [0.2, 0.25) is 0 Å². The number of rotatable bonds is 6. The summed E-state index contributed by atoms with van der Waals surface area (Å²) in [5.74, 6) is 0.554. The summed E-state index contributed by atoms with van der Waals surface area (Å²) in [5, 5.41) is 2.73. The van der Waals surface area contributed by atoms with Crippen molar-refractivity contribution >= 4 is 12.0 Å². The number of amides is 1. The van der Waals surface area contributed by atoms with Crippen LogP contribution >= 0.6 is 0 Å². The number of hydrogen-bond acceptors (Lipinski definition) is 4. The van der Waals surface area contributed by atoms with Gasteiger partial charge in [0.25, 0.3) is 5.56 Å². The van der Waals surface area contributed by atoms with Gasteiger partial charge in [-0.25, -0.2) is 4.98 Å². The largest absolute Gasteiger partial charge is 0.497 e. The molecule has 0 saturated carbocycles. The van der Waals surface area contributed by atoms with E-state index in [-0.39, 0.29) is 11.5 Å². The number of ether oxygens (including phenoxy) is 1. The maximum Gasteiger partial charge on any atom is 0.256 e. The van der Waals surface area contributed by atoms with Crippen molar-refractivity contribution in [2.45, 2.75) is 13.5 Å². The van der Waals surface area contributed by atoms with Crippen molar-refractivity contribution in [2.75, 3.05) is 13.7 Å². The fourth-order valence-corrected chi connectivity index (χ4v) is 1.96. The zero-order chi connectivity index (χ0) is 16.7. The lowest BCUT2D eigenvalue weighted by molar-refractivity contribution is -0.116. The molecular formula is C17H19N3O3. The van der Waals surface area contributed by atoms with Gasteiger partial charge in [-0.1, -0.05) is 12.1 Å². The first kappa shape index (κ1) is 16.5. The predicted octanol–water partition coefficient (Wildman–Crippen LogP) is 1.39. The third kappa shape index (κ3) is 4.81. The molecule has 0 radical (unpaired) electrons. The molecule has 0 atom stereocenters. The molecule has 0 unspecified atom stereocenters. The van der Waals surface area contributed by atoms with Gasteiger partial charge >= 0.3 is 0 Å². The number of aromatic nitrogens is 2. The number of nitrogens with zero attached hydrogens (tertiary/aromatic N) is 2. The van der Waals surface area contributed by atoms with Crippen molar-refractivity contribution < 1.29 is 9.53 Å². The van der Waals surface area contributed by atoms with E-state index < -0.39 is 0 Å². The summed E-state index contributed by atoms with van der Waals surface area (Å²) < 4.78 is 6.55. The van der Waals surface area contributed by atoms with E-state index in [1.807, 2.05) is 24.3 Å². The Morgan fingerprint density at radius 2 is 2.09 bits per heavy atom. The van der Waals surface area contributed by atoms with Gasteiger partial charge in [-0.3, -0.25) is 14.2 Å². The molecule has 1 N–H and O–H groups in total. The Bertz CT molecular complexity index is 748. The Hall–Kier alpha value is -2.89. The number of nitrogens with one attached hydrogen (secondary N) is 1. The van der Waals surface area contributed by atoms with Gasteiger partial charge in [-0.2, -0.15) is 0 Å². The molecule has 23 heavy (non-hydrogen) atoms. The first-order valence-electron chi connectivity index (χ1n) is 7.21. The monoisotopic (exact) mass is 313 g/mol. The summed E-state index contributed by atoms with van der Waals surface area (Å²) in [5.41, 5.74) is 1.39. The first-order valence-corrected chi connectivity index (χ1v) is 7.21. The number of carbonyl (C=O) groups excluding carboxylic acids is 1. The van der Waals surface area contributed by atoms with Crippen molar-refractivity contribution in [1.29, 1.82) is 0 Å². The molecule has 2 aromatic rings. The predicted molar refractivity (Wildman–Crippen MR) is 88.3 cm³/mol. The molecule has 1 amide bonds. The first-order chi connectivity index (χ1) is 11.1. The lowest BCUT2D eigenvalue weighted by Gasteiger charge is -2.06. The van der Waals surface area contributed by atoms with Crippen LogP contribution in [0.15, 0.2) is 47.7 Å². The van der Waals surface area contributed by atoms with Crippen molar-refractivity contribution in [1.82, 2.24) is 14.9 Å². The number of aryl methyl sites for hydroxylation is 1. The summed E-state index contributed by atoms with van der Waals surface area (Å²) >= 11 is 0. The van der Waals surface area contributed by atoms with Crippen LogP contribution in [0.3, 0.4) is 0 Å². The third-order valence-electron chi connectivity index (χ3n) is 3.27. The minimum atomic E-state index is -0.213. The van der Waals surface area contributed by atoms with Gasteiger partial charge in [0.15, 0.2) is 0 Å². The van der Waals surface area contributed by atoms with Crippen LogP contribution in [-0.4, -0.2) is 29.1 Å². The highest BCUT2D eigenvalue weighted by Gasteiger charge is 2.00. The Kier molecular flexibility index (Phi) is 5.68. The van der Waals surface area contributed by atoms with Gasteiger partial charge in [0, 0.05) is 30.9 Å². The van der Waals surface area contributed by atoms with E-state index in [4.69, 9.17) is 4.74 Å². The Morgan fingerprint density at radius 3 is 2.78 bits per heavy atom. The number of benzene rings is 1. The van der Waals surface area contributed by atoms with E-state index in [1.54, 1.807) is 20.1 Å². The van der Waals surface area contributed by atoms with Crippen molar-refractivity contribution in [3.05, 3.63) is 64.3 Å². The van der Waals surface area contributed by atoms with Crippen LogP contribution < -0.4 is 15.6 Å². The molecule has 1 aromatic heterocycles. The molecule has 0 aliphatic carbocycles. The lowest BCUT2D eigenvalue weighted by atomic mass is 10.2. The average Bonchev–Trinajstić information content (AvgIpc) is 2.57. The Morgan fingerprint density at radius 1 is 1.35 bits per heavy atom. The number of hydrogen-bond donors (Lipinski definition) is 1. The van der Waals surface area contributed by atoms with Gasteiger partial charge in [-0.15, -0.1) is 0 Å². The molecule has 0 aliphatic rings. The second-order valence-electron chi connectivity index (χ2n) is 4.97. The highest BCUT2D eigenvalue weighted by Crippen LogP contribution is 2.12. The Balaban J connectivity index is 1.83. The fraction of sp³-hybridized carbons (Fsp3) is 0.235. The van der Waals surface area contributed by atoms with Crippen LogP contribution in [0.4, 0.5) is 0 Å². The van der Waals surface area contributed by atoms with Gasteiger partial charge in [0.05, 0.1) is 13.4 Å². The molecule has 6 heteroatoms. The minimum Gasteiger partial charge on any atom is -0.497 e. The quantitative estimate of drug-likeness (QED) is 0.818. The molecule has 6 nitrogen and oxygen atoms in total. The van der Waals surface area contributed by atoms with Crippen molar-refractivity contribution in [3.63, 3.8) is 0 Å². The summed E-state index contributed by atoms with van der Waals surface area (Å²) in [7, 11) is 1.60. The Labute approximate surface area is 134 Å². The van der Waals surface area contributed by atoms with Gasteiger partial charge in [0.2, 0.25) is 5.91 Å². The van der Waals surface area contributed by atoms with Gasteiger partial charge in [0.1, 0.15) is 5.75 Å². The summed E-state index contributed by atoms with van der Waals surface area (Å²) in [6, 6.07) is 7.38. The average molecular weight is 313 g/mol. The summed E-state index contributed by atoms with van der Waals surface area (Å²) in [4.78, 5) is 27.5. The van der Waals surface area contributed by atoms with Crippen molar-refractivity contribution in [3.8, 4) is 5.75 Å². The minimum absolute atomic E-state index is 0.0944. The maximum atomic E-state index is 11.8. The fourth-order valence-electron chi connectivity index (χ4n) is 1.96. The van der Waals surface area contributed by atoms with E-state index in [0.717, 1.165) is 11.3 Å². The van der Waals surface area contributed by atoms with Crippen LogP contribution in [0.1, 0.15) is 11.1 Å². The lowest BCUT2D eigenvalue weighted by Crippen LogP contribution is -2.30. The van der Waals surface area contributed by atoms with Gasteiger partial charge in [-0.05, 0) is 30.7 Å². The van der Waals surface area contributed by atoms with Crippen LogP contribution in [-0.2, 0) is 11.3 Å². The zero-order valence-electron chi connectivity index (χ0n) is 13.2. The van der Waals surface area contributed by atoms with Gasteiger partial charge < -0.3 is 10.1 Å². The molecule has 0 spiro atoms. The smallest absolute Gasteiger partial charge is 0.256 e. The SMILES string of the molecule is COc1ccc(/C=C/C(=O)NCCn2cncc(C)c2=O)cc1. The third-order valence-corrected chi connectivity index (χ3v) is 3.27. The van der Waals surface area contributed by atoms with Crippen molar-refractivity contribution in [2.24, 2.45) is 0 Å². The number of methoxy groups -OCH3 is 1. The second kappa shape index (κ2) is 7.93. The summed E-state index contributed by atoms with van der Waals surface area (Å²) in [6.07, 6.45) is 6.16. The maximum absolute atomic E-state index is 11.8. The zero-order valence-corrected chi connectivity index (χ0v) is 13.2. The molecule has 0 aliphatic heterocycles. The highest BCUT2D eigenvalue weighted by molar-refractivity contribution is 5.91.